The second kappa shape index (κ2) is 6.17. The van der Waals surface area contributed by atoms with Crippen molar-refractivity contribution in [2.24, 2.45) is 5.73 Å². The molecule has 0 radical (unpaired) electrons. The number of amides is 3. The summed E-state index contributed by atoms with van der Waals surface area (Å²) in [4.78, 5) is 39.1. The summed E-state index contributed by atoms with van der Waals surface area (Å²) in [5.74, 6) is -1.09. The van der Waals surface area contributed by atoms with Gasteiger partial charge in [-0.25, -0.2) is 4.98 Å². The highest BCUT2D eigenvalue weighted by atomic mass is 32.1. The predicted octanol–water partition coefficient (Wildman–Crippen LogP) is 1.39. The first-order valence-electron chi connectivity index (χ1n) is 7.01. The predicted molar refractivity (Wildman–Crippen MR) is 85.5 cm³/mol. The average Bonchev–Trinajstić information content (AvgIpc) is 3.22. The fourth-order valence-corrected chi connectivity index (χ4v) is 2.55. The first-order chi connectivity index (χ1) is 11.0. The Labute approximate surface area is 135 Å². The molecule has 1 fully saturated rings. The maximum Gasteiger partial charge on any atom is 0.260 e. The van der Waals surface area contributed by atoms with Gasteiger partial charge in [0, 0.05) is 17.2 Å². The van der Waals surface area contributed by atoms with E-state index >= 15 is 0 Å². The van der Waals surface area contributed by atoms with Crippen LogP contribution in [0.25, 0.3) is 0 Å². The van der Waals surface area contributed by atoms with Crippen LogP contribution in [0.15, 0.2) is 30.5 Å². The van der Waals surface area contributed by atoms with Gasteiger partial charge in [0.05, 0.1) is 6.20 Å². The van der Waals surface area contributed by atoms with E-state index in [4.69, 9.17) is 5.73 Å². The molecule has 0 bridgehead atoms. The third-order valence-corrected chi connectivity index (χ3v) is 4.22. The van der Waals surface area contributed by atoms with Gasteiger partial charge < -0.3 is 11.1 Å². The number of anilines is 1. The van der Waals surface area contributed by atoms with Crippen molar-refractivity contribution < 1.29 is 14.4 Å². The Morgan fingerprint density at radius 1 is 1.09 bits per heavy atom. The number of rotatable bonds is 5. The first-order valence-corrected chi connectivity index (χ1v) is 7.82. The number of carbonyl (C=O) groups excluding carboxylic acids is 3. The summed E-state index contributed by atoms with van der Waals surface area (Å²) in [6, 6.07) is 6.63. The Balaban J connectivity index is 1.64. The largest absolute Gasteiger partial charge is 0.365 e. The lowest BCUT2D eigenvalue weighted by molar-refractivity contribution is 0.0948. The highest BCUT2D eigenvalue weighted by Gasteiger charge is 2.23. The Morgan fingerprint density at radius 3 is 2.22 bits per heavy atom. The van der Waals surface area contributed by atoms with Gasteiger partial charge in [-0.2, -0.15) is 0 Å². The fourth-order valence-electron chi connectivity index (χ4n) is 1.88. The van der Waals surface area contributed by atoms with Gasteiger partial charge in [-0.15, -0.1) is 0 Å². The summed E-state index contributed by atoms with van der Waals surface area (Å²) in [6.45, 7) is 0. The molecular formula is C15H14N4O3S. The molecule has 3 amide bonds. The van der Waals surface area contributed by atoms with Gasteiger partial charge in [0.1, 0.15) is 4.88 Å². The number of thiazole rings is 1. The van der Waals surface area contributed by atoms with Gasteiger partial charge in [0.2, 0.25) is 0 Å². The molecule has 0 unspecified atom stereocenters. The molecule has 0 saturated heterocycles. The van der Waals surface area contributed by atoms with Crippen molar-refractivity contribution in [1.29, 1.82) is 0 Å². The molecule has 8 heteroatoms. The molecule has 1 aromatic heterocycles. The molecule has 23 heavy (non-hydrogen) atoms. The van der Waals surface area contributed by atoms with Crippen LogP contribution in [0.5, 0.6) is 0 Å². The van der Waals surface area contributed by atoms with Crippen LogP contribution in [-0.4, -0.2) is 28.7 Å². The normalized spacial score (nSPS) is 13.4. The lowest BCUT2D eigenvalue weighted by atomic mass is 10.1. The third kappa shape index (κ3) is 3.72. The van der Waals surface area contributed by atoms with E-state index in [0.29, 0.717) is 16.3 Å². The number of primary amides is 1. The third-order valence-electron chi connectivity index (χ3n) is 3.29. The van der Waals surface area contributed by atoms with Gasteiger partial charge in [0.25, 0.3) is 17.7 Å². The lowest BCUT2D eigenvalue weighted by Crippen LogP contribution is -2.25. The molecule has 1 heterocycles. The van der Waals surface area contributed by atoms with Gasteiger partial charge in [0.15, 0.2) is 5.13 Å². The quantitative estimate of drug-likeness (QED) is 0.768. The van der Waals surface area contributed by atoms with Crippen molar-refractivity contribution in [3.63, 3.8) is 0 Å². The summed E-state index contributed by atoms with van der Waals surface area (Å²) in [5.41, 5.74) is 6.04. The summed E-state index contributed by atoms with van der Waals surface area (Å²) in [7, 11) is 0. The minimum atomic E-state index is -0.589. The second-order valence-corrected chi connectivity index (χ2v) is 6.20. The van der Waals surface area contributed by atoms with Crippen LogP contribution in [0.2, 0.25) is 0 Å². The lowest BCUT2D eigenvalue weighted by Gasteiger charge is -2.05. The molecule has 4 N–H and O–H groups in total. The van der Waals surface area contributed by atoms with Crippen LogP contribution >= 0.6 is 11.3 Å². The maximum absolute atomic E-state index is 12.1. The molecule has 3 rings (SSSR count). The Hall–Kier alpha value is -2.74. The van der Waals surface area contributed by atoms with Gasteiger partial charge in [-0.05, 0) is 37.1 Å². The van der Waals surface area contributed by atoms with Crippen LogP contribution in [0.4, 0.5) is 5.13 Å². The smallest absolute Gasteiger partial charge is 0.260 e. The standard InChI is InChI=1S/C15H14N4O3S/c16-12(20)11-7-17-15(23-11)19-14(22)9-3-1-8(2-4-9)13(21)18-10-5-6-10/h1-4,7,10H,5-6H2,(H2,16,20)(H,18,21)(H,17,19,22). The summed E-state index contributed by atoms with van der Waals surface area (Å²) >= 11 is 1.00. The zero-order valence-corrected chi connectivity index (χ0v) is 12.9. The zero-order valence-electron chi connectivity index (χ0n) is 12.0. The summed E-state index contributed by atoms with van der Waals surface area (Å²) < 4.78 is 0. The van der Waals surface area contributed by atoms with Crippen LogP contribution in [0.3, 0.4) is 0 Å². The molecule has 0 aliphatic heterocycles. The molecule has 2 aromatic rings. The van der Waals surface area contributed by atoms with Crippen molar-refractivity contribution in [3.05, 3.63) is 46.5 Å². The SMILES string of the molecule is NC(=O)c1cnc(NC(=O)c2ccc(C(=O)NC3CC3)cc2)s1. The number of carbonyl (C=O) groups is 3. The van der Waals surface area contributed by atoms with Gasteiger partial charge in [-0.1, -0.05) is 11.3 Å². The van der Waals surface area contributed by atoms with Crippen molar-refractivity contribution in [2.75, 3.05) is 5.32 Å². The minimum Gasteiger partial charge on any atom is -0.365 e. The van der Waals surface area contributed by atoms with Crippen molar-refractivity contribution >= 4 is 34.2 Å². The van der Waals surface area contributed by atoms with Crippen LogP contribution in [0.1, 0.15) is 43.2 Å². The van der Waals surface area contributed by atoms with E-state index in [1.54, 1.807) is 24.3 Å². The molecule has 1 aliphatic rings. The van der Waals surface area contributed by atoms with Crippen LogP contribution < -0.4 is 16.4 Å². The molecule has 1 aromatic carbocycles. The van der Waals surface area contributed by atoms with Gasteiger partial charge >= 0.3 is 0 Å². The first kappa shape index (κ1) is 15.2. The van der Waals surface area contributed by atoms with Crippen molar-refractivity contribution in [3.8, 4) is 0 Å². The van der Waals surface area contributed by atoms with Crippen LogP contribution in [-0.2, 0) is 0 Å². The molecule has 0 spiro atoms. The summed E-state index contributed by atoms with van der Waals surface area (Å²) in [5, 5.41) is 5.76. The number of nitrogens with one attached hydrogen (secondary N) is 2. The van der Waals surface area contributed by atoms with E-state index < -0.39 is 5.91 Å². The molecule has 7 nitrogen and oxygen atoms in total. The topological polar surface area (TPSA) is 114 Å². The van der Waals surface area contributed by atoms with Crippen LogP contribution in [0, 0.1) is 0 Å². The van der Waals surface area contributed by atoms with E-state index in [1.165, 1.54) is 6.20 Å². The Kier molecular flexibility index (Phi) is 4.07. The maximum atomic E-state index is 12.1. The van der Waals surface area contributed by atoms with Crippen molar-refractivity contribution in [2.45, 2.75) is 18.9 Å². The Bertz CT molecular complexity index is 765. The number of nitrogens with zero attached hydrogens (tertiary/aromatic N) is 1. The van der Waals surface area contributed by atoms with E-state index in [9.17, 15) is 14.4 Å². The molecular weight excluding hydrogens is 316 g/mol. The number of benzene rings is 1. The zero-order chi connectivity index (χ0) is 16.4. The number of hydrogen-bond acceptors (Lipinski definition) is 5. The molecule has 0 atom stereocenters. The molecule has 1 saturated carbocycles. The monoisotopic (exact) mass is 330 g/mol. The van der Waals surface area contributed by atoms with E-state index in [0.717, 1.165) is 24.2 Å². The highest BCUT2D eigenvalue weighted by Crippen LogP contribution is 2.20. The number of hydrogen-bond donors (Lipinski definition) is 3. The minimum absolute atomic E-state index is 0.134. The second-order valence-electron chi connectivity index (χ2n) is 5.17. The number of aromatic nitrogens is 1. The van der Waals surface area contributed by atoms with E-state index in [2.05, 4.69) is 15.6 Å². The average molecular weight is 330 g/mol. The molecule has 1 aliphatic carbocycles. The fraction of sp³-hybridized carbons (Fsp3) is 0.200. The molecule has 118 valence electrons. The van der Waals surface area contributed by atoms with E-state index in [-0.39, 0.29) is 22.7 Å². The Morgan fingerprint density at radius 2 is 1.70 bits per heavy atom. The van der Waals surface area contributed by atoms with Gasteiger partial charge in [-0.3, -0.25) is 19.7 Å². The highest BCUT2D eigenvalue weighted by molar-refractivity contribution is 7.17. The van der Waals surface area contributed by atoms with Crippen molar-refractivity contribution in [1.82, 2.24) is 10.3 Å². The van der Waals surface area contributed by atoms with E-state index in [1.807, 2.05) is 0 Å². The summed E-state index contributed by atoms with van der Waals surface area (Å²) in [6.07, 6.45) is 3.36. The number of nitrogens with two attached hydrogens (primary N) is 1.